The number of halogens is 3. The van der Waals surface area contributed by atoms with E-state index in [9.17, 15) is 4.79 Å². The van der Waals surface area contributed by atoms with E-state index in [1.165, 1.54) is 11.3 Å². The van der Waals surface area contributed by atoms with Gasteiger partial charge in [-0.05, 0) is 24.3 Å². The second kappa shape index (κ2) is 8.48. The first-order valence-corrected chi connectivity index (χ1v) is 8.29. The van der Waals surface area contributed by atoms with Gasteiger partial charge in [-0.3, -0.25) is 15.6 Å². The summed E-state index contributed by atoms with van der Waals surface area (Å²) in [6, 6.07) is 14.2. The van der Waals surface area contributed by atoms with Gasteiger partial charge in [0.1, 0.15) is 0 Å². The number of thiazole rings is 1. The number of aromatic nitrogens is 1. The molecule has 0 unspecified atom stereocenters. The van der Waals surface area contributed by atoms with Gasteiger partial charge in [0.2, 0.25) is 5.13 Å². The molecule has 0 fully saturated rings. The quantitative estimate of drug-likeness (QED) is 0.526. The molecular formula is C16H12BrCl2N3OS. The molecule has 0 spiro atoms. The molecular weight excluding hydrogens is 433 g/mol. The van der Waals surface area contributed by atoms with Crippen LogP contribution in [-0.2, 0) is 0 Å². The van der Waals surface area contributed by atoms with Crippen LogP contribution in [0.3, 0.4) is 0 Å². The van der Waals surface area contributed by atoms with Crippen LogP contribution in [0.4, 0.5) is 5.13 Å². The van der Waals surface area contributed by atoms with Gasteiger partial charge in [0.05, 0.1) is 16.3 Å². The van der Waals surface area contributed by atoms with Crippen molar-refractivity contribution in [2.75, 3.05) is 5.43 Å². The minimum atomic E-state index is -0.321. The lowest BCUT2D eigenvalue weighted by Crippen LogP contribution is -2.29. The SMILES string of the molecule is Br.O=C(NNc1nc(-c2ccc(Cl)cc2)cs1)c1ccccc1Cl. The Kier molecular flexibility index (Phi) is 6.62. The minimum Gasteiger partial charge on any atom is -0.273 e. The molecule has 0 saturated carbocycles. The Hall–Kier alpha value is -1.60. The largest absolute Gasteiger partial charge is 0.273 e. The third-order valence-electron chi connectivity index (χ3n) is 3.05. The molecule has 8 heteroatoms. The van der Waals surface area contributed by atoms with Gasteiger partial charge in [0, 0.05) is 16.0 Å². The zero-order chi connectivity index (χ0) is 16.2. The van der Waals surface area contributed by atoms with Gasteiger partial charge in [-0.2, -0.15) is 0 Å². The number of anilines is 1. The lowest BCUT2D eigenvalue weighted by atomic mass is 10.2. The predicted octanol–water partition coefficient (Wildman–Crippen LogP) is 5.45. The summed E-state index contributed by atoms with van der Waals surface area (Å²) in [7, 11) is 0. The van der Waals surface area contributed by atoms with E-state index in [0.717, 1.165) is 11.3 Å². The number of amides is 1. The molecule has 1 aromatic heterocycles. The average Bonchev–Trinajstić information content (AvgIpc) is 3.03. The summed E-state index contributed by atoms with van der Waals surface area (Å²) in [5.41, 5.74) is 7.54. The van der Waals surface area contributed by atoms with E-state index < -0.39 is 0 Å². The molecule has 2 aromatic carbocycles. The number of carbonyl (C=O) groups is 1. The Bertz CT molecular complexity index is 839. The Morgan fingerprint density at radius 2 is 1.75 bits per heavy atom. The Balaban J connectivity index is 0.00000208. The van der Waals surface area contributed by atoms with E-state index in [-0.39, 0.29) is 22.9 Å². The summed E-state index contributed by atoms with van der Waals surface area (Å²) >= 11 is 13.2. The fraction of sp³-hybridized carbons (Fsp3) is 0. The molecule has 0 saturated heterocycles. The highest BCUT2D eigenvalue weighted by molar-refractivity contribution is 8.93. The molecule has 3 aromatic rings. The molecule has 0 aliphatic heterocycles. The van der Waals surface area contributed by atoms with Gasteiger partial charge in [-0.15, -0.1) is 28.3 Å². The normalized spacial score (nSPS) is 9.92. The highest BCUT2D eigenvalue weighted by Gasteiger charge is 2.10. The van der Waals surface area contributed by atoms with Crippen LogP contribution < -0.4 is 10.9 Å². The maximum atomic E-state index is 12.1. The topological polar surface area (TPSA) is 54.0 Å². The fourth-order valence-electron chi connectivity index (χ4n) is 1.91. The molecule has 0 atom stereocenters. The predicted molar refractivity (Wildman–Crippen MR) is 105 cm³/mol. The lowest BCUT2D eigenvalue weighted by molar-refractivity contribution is 0.0963. The number of rotatable bonds is 4. The van der Waals surface area contributed by atoms with Crippen molar-refractivity contribution in [2.45, 2.75) is 0 Å². The number of hydrogen-bond acceptors (Lipinski definition) is 4. The molecule has 1 heterocycles. The zero-order valence-corrected chi connectivity index (χ0v) is 16.2. The third-order valence-corrected chi connectivity index (χ3v) is 4.38. The van der Waals surface area contributed by atoms with Gasteiger partial charge in [-0.25, -0.2) is 4.98 Å². The molecule has 0 aliphatic rings. The molecule has 1 amide bonds. The number of hydrogen-bond donors (Lipinski definition) is 2. The molecule has 24 heavy (non-hydrogen) atoms. The number of nitrogens with zero attached hydrogens (tertiary/aromatic N) is 1. The van der Waals surface area contributed by atoms with Crippen LogP contribution in [0.2, 0.25) is 10.0 Å². The van der Waals surface area contributed by atoms with Crippen molar-refractivity contribution in [3.8, 4) is 11.3 Å². The van der Waals surface area contributed by atoms with Gasteiger partial charge in [0.15, 0.2) is 0 Å². The van der Waals surface area contributed by atoms with E-state index in [1.54, 1.807) is 24.3 Å². The Labute approximate surface area is 163 Å². The zero-order valence-electron chi connectivity index (χ0n) is 12.1. The summed E-state index contributed by atoms with van der Waals surface area (Å²) < 4.78 is 0. The highest BCUT2D eigenvalue weighted by atomic mass is 79.9. The number of carbonyl (C=O) groups excluding carboxylic acids is 1. The van der Waals surface area contributed by atoms with Gasteiger partial charge >= 0.3 is 0 Å². The van der Waals surface area contributed by atoms with E-state index in [1.807, 2.05) is 29.6 Å². The second-order valence-corrected chi connectivity index (χ2v) is 6.31. The molecule has 3 rings (SSSR count). The minimum absolute atomic E-state index is 0. The highest BCUT2D eigenvalue weighted by Crippen LogP contribution is 2.25. The molecule has 0 bridgehead atoms. The average molecular weight is 445 g/mol. The summed E-state index contributed by atoms with van der Waals surface area (Å²) in [4.78, 5) is 16.5. The smallest absolute Gasteiger partial charge is 0.271 e. The van der Waals surface area contributed by atoms with Gasteiger partial charge in [-0.1, -0.05) is 47.5 Å². The van der Waals surface area contributed by atoms with E-state index in [2.05, 4.69) is 15.8 Å². The molecule has 124 valence electrons. The lowest BCUT2D eigenvalue weighted by Gasteiger charge is -2.06. The maximum Gasteiger partial charge on any atom is 0.271 e. The third kappa shape index (κ3) is 4.48. The van der Waals surface area contributed by atoms with Crippen molar-refractivity contribution in [3.63, 3.8) is 0 Å². The Morgan fingerprint density at radius 1 is 1.04 bits per heavy atom. The summed E-state index contributed by atoms with van der Waals surface area (Å²) in [5.74, 6) is -0.321. The molecule has 0 aliphatic carbocycles. The molecule has 2 N–H and O–H groups in total. The van der Waals surface area contributed by atoms with Crippen LogP contribution in [0.15, 0.2) is 53.9 Å². The summed E-state index contributed by atoms with van der Waals surface area (Å²) in [6.07, 6.45) is 0. The Morgan fingerprint density at radius 3 is 2.46 bits per heavy atom. The standard InChI is InChI=1S/C16H11Cl2N3OS.BrH/c17-11-7-5-10(6-8-11)14-9-23-16(19-14)21-20-15(22)12-3-1-2-4-13(12)18;/h1-9H,(H,19,21)(H,20,22);1H. The number of nitrogens with one attached hydrogen (secondary N) is 2. The molecule has 0 radical (unpaired) electrons. The van der Waals surface area contributed by atoms with Crippen LogP contribution in [0.1, 0.15) is 10.4 Å². The van der Waals surface area contributed by atoms with Crippen molar-refractivity contribution in [2.24, 2.45) is 0 Å². The monoisotopic (exact) mass is 443 g/mol. The first-order chi connectivity index (χ1) is 11.1. The number of benzene rings is 2. The number of hydrazine groups is 1. The van der Waals surface area contributed by atoms with Gasteiger partial charge < -0.3 is 0 Å². The maximum absolute atomic E-state index is 12.1. The first-order valence-electron chi connectivity index (χ1n) is 6.66. The second-order valence-electron chi connectivity index (χ2n) is 4.60. The fourth-order valence-corrected chi connectivity index (χ4v) is 2.93. The van der Waals surface area contributed by atoms with Crippen LogP contribution >= 0.6 is 51.5 Å². The molecule has 4 nitrogen and oxygen atoms in total. The summed E-state index contributed by atoms with van der Waals surface area (Å²) in [5, 5.41) is 3.55. The van der Waals surface area contributed by atoms with Crippen molar-refractivity contribution in [1.82, 2.24) is 10.4 Å². The van der Waals surface area contributed by atoms with Crippen molar-refractivity contribution < 1.29 is 4.79 Å². The summed E-state index contributed by atoms with van der Waals surface area (Å²) in [6.45, 7) is 0. The van der Waals surface area contributed by atoms with Crippen LogP contribution in [0.25, 0.3) is 11.3 Å². The van der Waals surface area contributed by atoms with Crippen LogP contribution in [0.5, 0.6) is 0 Å². The first kappa shape index (κ1) is 18.7. The van der Waals surface area contributed by atoms with Crippen LogP contribution in [-0.4, -0.2) is 10.9 Å². The van der Waals surface area contributed by atoms with E-state index in [0.29, 0.717) is 20.7 Å². The van der Waals surface area contributed by atoms with Crippen LogP contribution in [0, 0.1) is 0 Å². The van der Waals surface area contributed by atoms with Crippen molar-refractivity contribution >= 4 is 62.6 Å². The van der Waals surface area contributed by atoms with Crippen molar-refractivity contribution in [1.29, 1.82) is 0 Å². The van der Waals surface area contributed by atoms with Gasteiger partial charge in [0.25, 0.3) is 5.91 Å². The van der Waals surface area contributed by atoms with Crippen molar-refractivity contribution in [3.05, 3.63) is 69.5 Å². The van der Waals surface area contributed by atoms with E-state index >= 15 is 0 Å². The van der Waals surface area contributed by atoms with E-state index in [4.69, 9.17) is 23.2 Å².